The van der Waals surface area contributed by atoms with Crippen LogP contribution in [-0.2, 0) is 16.0 Å². The number of benzene rings is 2. The van der Waals surface area contributed by atoms with Crippen molar-refractivity contribution in [2.45, 2.75) is 38.8 Å². The molecule has 2 amide bonds. The number of carbonyl (C=O) groups excluding carboxylic acids is 2. The first-order valence-electron chi connectivity index (χ1n) is 9.23. The molecule has 0 fully saturated rings. The van der Waals surface area contributed by atoms with Gasteiger partial charge in [0.15, 0.2) is 0 Å². The Hall–Kier alpha value is -3.02. The van der Waals surface area contributed by atoms with E-state index in [9.17, 15) is 9.59 Å². The highest BCUT2D eigenvalue weighted by Crippen LogP contribution is 2.15. The van der Waals surface area contributed by atoms with Crippen molar-refractivity contribution >= 4 is 12.0 Å². The third-order valence-corrected chi connectivity index (χ3v) is 3.93. The molecule has 150 valence electrons. The van der Waals surface area contributed by atoms with Crippen molar-refractivity contribution < 1.29 is 19.1 Å². The minimum Gasteiger partial charge on any atom is -0.497 e. The summed E-state index contributed by atoms with van der Waals surface area (Å²) >= 11 is 0. The lowest BCUT2D eigenvalue weighted by Gasteiger charge is -2.23. The molecule has 2 aromatic rings. The number of hydrogen-bond donors (Lipinski definition) is 2. The van der Waals surface area contributed by atoms with Gasteiger partial charge in [-0.1, -0.05) is 42.5 Å². The molecule has 0 saturated heterocycles. The van der Waals surface area contributed by atoms with Crippen molar-refractivity contribution in [3.8, 4) is 5.75 Å². The maximum atomic E-state index is 12.7. The molecular formula is C22H28N2O4. The summed E-state index contributed by atoms with van der Waals surface area (Å²) in [7, 11) is 1.62. The van der Waals surface area contributed by atoms with E-state index >= 15 is 0 Å². The smallest absolute Gasteiger partial charge is 0.408 e. The zero-order valence-electron chi connectivity index (χ0n) is 16.8. The fourth-order valence-electron chi connectivity index (χ4n) is 2.60. The summed E-state index contributed by atoms with van der Waals surface area (Å²) in [5, 5.41) is 5.55. The highest BCUT2D eigenvalue weighted by atomic mass is 16.6. The van der Waals surface area contributed by atoms with E-state index in [4.69, 9.17) is 9.47 Å². The van der Waals surface area contributed by atoms with Crippen LogP contribution in [0.1, 0.15) is 37.9 Å². The maximum absolute atomic E-state index is 12.7. The Morgan fingerprint density at radius 1 is 1.00 bits per heavy atom. The Labute approximate surface area is 166 Å². The lowest BCUT2D eigenvalue weighted by molar-refractivity contribution is -0.123. The first-order valence-corrected chi connectivity index (χ1v) is 9.23. The maximum Gasteiger partial charge on any atom is 0.408 e. The molecule has 0 radical (unpaired) electrons. The Balaban J connectivity index is 1.99. The number of nitrogens with one attached hydrogen (secondary N) is 2. The zero-order chi connectivity index (χ0) is 20.6. The highest BCUT2D eigenvalue weighted by molar-refractivity contribution is 5.86. The number of carbonyl (C=O) groups is 2. The van der Waals surface area contributed by atoms with E-state index in [1.165, 1.54) is 0 Å². The lowest BCUT2D eigenvalue weighted by atomic mass is 10.1. The molecule has 0 aromatic heterocycles. The van der Waals surface area contributed by atoms with Gasteiger partial charge in [-0.15, -0.1) is 0 Å². The van der Waals surface area contributed by atoms with E-state index in [0.717, 1.165) is 11.3 Å². The number of ether oxygens (including phenoxy) is 2. The van der Waals surface area contributed by atoms with Gasteiger partial charge in [0.1, 0.15) is 17.4 Å². The van der Waals surface area contributed by atoms with Gasteiger partial charge in [0.2, 0.25) is 5.91 Å². The molecule has 28 heavy (non-hydrogen) atoms. The Morgan fingerprint density at radius 3 is 2.21 bits per heavy atom. The van der Waals surface area contributed by atoms with Gasteiger partial charge in [0.05, 0.1) is 7.11 Å². The standard InChI is InChI=1S/C22H28N2O4/c1-22(2,3)28-21(26)24-19(17-8-6-5-7-9-17)20(25)23-15-14-16-10-12-18(27-4)13-11-16/h5-13,19H,14-15H2,1-4H3,(H,23,25)(H,24,26). The zero-order valence-corrected chi connectivity index (χ0v) is 16.8. The molecule has 0 aliphatic carbocycles. The predicted molar refractivity (Wildman–Crippen MR) is 108 cm³/mol. The van der Waals surface area contributed by atoms with Crippen molar-refractivity contribution in [2.75, 3.05) is 13.7 Å². The molecule has 0 spiro atoms. The van der Waals surface area contributed by atoms with Crippen LogP contribution in [0.5, 0.6) is 5.75 Å². The Kier molecular flexibility index (Phi) is 7.44. The third-order valence-electron chi connectivity index (χ3n) is 3.93. The normalized spacial score (nSPS) is 12.0. The summed E-state index contributed by atoms with van der Waals surface area (Å²) in [5.41, 5.74) is 1.13. The van der Waals surface area contributed by atoms with Crippen LogP contribution in [0.2, 0.25) is 0 Å². The van der Waals surface area contributed by atoms with Crippen LogP contribution in [-0.4, -0.2) is 31.3 Å². The average molecular weight is 384 g/mol. The third kappa shape index (κ3) is 6.95. The van der Waals surface area contributed by atoms with E-state index in [0.29, 0.717) is 18.5 Å². The van der Waals surface area contributed by atoms with E-state index in [1.807, 2.05) is 42.5 Å². The van der Waals surface area contributed by atoms with E-state index in [-0.39, 0.29) is 5.91 Å². The second-order valence-corrected chi connectivity index (χ2v) is 7.38. The molecule has 6 nitrogen and oxygen atoms in total. The van der Waals surface area contributed by atoms with Gasteiger partial charge in [-0.3, -0.25) is 4.79 Å². The molecule has 2 aromatic carbocycles. The van der Waals surface area contributed by atoms with Gasteiger partial charge in [0, 0.05) is 6.54 Å². The minimum absolute atomic E-state index is 0.287. The van der Waals surface area contributed by atoms with Crippen LogP contribution in [0.3, 0.4) is 0 Å². The van der Waals surface area contributed by atoms with Crippen molar-refractivity contribution in [2.24, 2.45) is 0 Å². The van der Waals surface area contributed by atoms with Crippen LogP contribution in [0.15, 0.2) is 54.6 Å². The van der Waals surface area contributed by atoms with Crippen LogP contribution in [0.25, 0.3) is 0 Å². The van der Waals surface area contributed by atoms with Gasteiger partial charge < -0.3 is 20.1 Å². The van der Waals surface area contributed by atoms with E-state index in [1.54, 1.807) is 40.0 Å². The lowest BCUT2D eigenvalue weighted by Crippen LogP contribution is -2.43. The Morgan fingerprint density at radius 2 is 1.64 bits per heavy atom. The molecule has 1 unspecified atom stereocenters. The first kappa shape index (κ1) is 21.3. The van der Waals surface area contributed by atoms with Crippen LogP contribution < -0.4 is 15.4 Å². The quantitative estimate of drug-likeness (QED) is 0.764. The highest BCUT2D eigenvalue weighted by Gasteiger charge is 2.25. The first-order chi connectivity index (χ1) is 13.3. The number of methoxy groups -OCH3 is 1. The topological polar surface area (TPSA) is 76.7 Å². The second kappa shape index (κ2) is 9.78. The van der Waals surface area contributed by atoms with Crippen LogP contribution >= 0.6 is 0 Å². The van der Waals surface area contributed by atoms with Gasteiger partial charge in [0.25, 0.3) is 0 Å². The molecule has 6 heteroatoms. The monoisotopic (exact) mass is 384 g/mol. The number of amides is 2. The van der Waals surface area contributed by atoms with E-state index in [2.05, 4.69) is 10.6 Å². The van der Waals surface area contributed by atoms with Crippen molar-refractivity contribution in [1.29, 1.82) is 0 Å². The van der Waals surface area contributed by atoms with E-state index < -0.39 is 17.7 Å². The van der Waals surface area contributed by atoms with Gasteiger partial charge in [-0.2, -0.15) is 0 Å². The van der Waals surface area contributed by atoms with Crippen molar-refractivity contribution in [3.63, 3.8) is 0 Å². The summed E-state index contributed by atoms with van der Waals surface area (Å²) in [4.78, 5) is 24.9. The predicted octanol–water partition coefficient (Wildman–Crippen LogP) is 3.62. The molecule has 0 bridgehead atoms. The summed E-state index contributed by atoms with van der Waals surface area (Å²) in [6.45, 7) is 5.78. The SMILES string of the molecule is COc1ccc(CCNC(=O)C(NC(=O)OC(C)(C)C)c2ccccc2)cc1. The summed E-state index contributed by atoms with van der Waals surface area (Å²) in [6.07, 6.45) is 0.0376. The van der Waals surface area contributed by atoms with Crippen molar-refractivity contribution in [1.82, 2.24) is 10.6 Å². The molecule has 1 atom stereocenters. The fraction of sp³-hybridized carbons (Fsp3) is 0.364. The molecule has 0 aliphatic heterocycles. The number of rotatable bonds is 7. The number of hydrogen-bond acceptors (Lipinski definition) is 4. The molecular weight excluding hydrogens is 356 g/mol. The largest absolute Gasteiger partial charge is 0.497 e. The fourth-order valence-corrected chi connectivity index (χ4v) is 2.60. The number of alkyl carbamates (subject to hydrolysis) is 1. The van der Waals surface area contributed by atoms with Crippen LogP contribution in [0.4, 0.5) is 4.79 Å². The summed E-state index contributed by atoms with van der Waals surface area (Å²) in [5.74, 6) is 0.504. The summed E-state index contributed by atoms with van der Waals surface area (Å²) < 4.78 is 10.4. The van der Waals surface area contributed by atoms with Crippen LogP contribution in [0, 0.1) is 0 Å². The second-order valence-electron chi connectivity index (χ2n) is 7.38. The molecule has 2 rings (SSSR count). The minimum atomic E-state index is -0.827. The molecule has 2 N–H and O–H groups in total. The van der Waals surface area contributed by atoms with Crippen molar-refractivity contribution in [3.05, 3.63) is 65.7 Å². The van der Waals surface area contributed by atoms with Gasteiger partial charge in [-0.25, -0.2) is 4.79 Å². The molecule has 0 saturated carbocycles. The average Bonchev–Trinajstić information content (AvgIpc) is 2.66. The Bertz CT molecular complexity index is 767. The molecule has 0 heterocycles. The molecule has 0 aliphatic rings. The van der Waals surface area contributed by atoms with Gasteiger partial charge >= 0.3 is 6.09 Å². The van der Waals surface area contributed by atoms with Gasteiger partial charge in [-0.05, 0) is 50.5 Å². The summed E-state index contributed by atoms with van der Waals surface area (Å²) in [6, 6.07) is 15.9.